The second-order valence-electron chi connectivity index (χ2n) is 8.22. The molecule has 1 atom stereocenters. The number of hydrogen-bond acceptors (Lipinski definition) is 4. The summed E-state index contributed by atoms with van der Waals surface area (Å²) in [4.78, 5) is 15.1. The Morgan fingerprint density at radius 1 is 1.27 bits per heavy atom. The van der Waals surface area contributed by atoms with Gasteiger partial charge in [0.25, 0.3) is 5.91 Å². The molecule has 1 aromatic rings. The van der Waals surface area contributed by atoms with E-state index in [-0.39, 0.29) is 22.3 Å². The van der Waals surface area contributed by atoms with Crippen molar-refractivity contribution in [1.29, 1.82) is 0 Å². The van der Waals surface area contributed by atoms with Crippen LogP contribution < -0.4 is 0 Å². The summed E-state index contributed by atoms with van der Waals surface area (Å²) in [5, 5.41) is 0. The van der Waals surface area contributed by atoms with Crippen molar-refractivity contribution in [3.63, 3.8) is 0 Å². The Bertz CT molecular complexity index is 900. The molecule has 2 saturated heterocycles. The van der Waals surface area contributed by atoms with Gasteiger partial charge >= 0.3 is 0 Å². The molecule has 1 spiro atoms. The summed E-state index contributed by atoms with van der Waals surface area (Å²) in [7, 11) is -3.68. The quantitative estimate of drug-likeness (QED) is 0.719. The number of sulfonamides is 1. The van der Waals surface area contributed by atoms with Crippen molar-refractivity contribution < 1.29 is 17.9 Å². The van der Waals surface area contributed by atoms with Gasteiger partial charge in [0.1, 0.15) is 0 Å². The first-order valence-electron chi connectivity index (χ1n) is 9.02. The van der Waals surface area contributed by atoms with E-state index in [0.29, 0.717) is 48.8 Å². The molecule has 6 nitrogen and oxygen atoms in total. The van der Waals surface area contributed by atoms with E-state index in [1.54, 1.807) is 6.07 Å². The molecule has 26 heavy (non-hydrogen) atoms. The zero-order valence-corrected chi connectivity index (χ0v) is 17.0. The normalized spacial score (nSPS) is 25.8. The Labute approximate surface area is 161 Å². The third-order valence-electron chi connectivity index (χ3n) is 6.22. The fourth-order valence-corrected chi connectivity index (χ4v) is 6.93. The van der Waals surface area contributed by atoms with Crippen LogP contribution in [0.3, 0.4) is 0 Å². The highest BCUT2D eigenvalue weighted by atomic mass is 79.9. The Morgan fingerprint density at radius 3 is 2.54 bits per heavy atom. The van der Waals surface area contributed by atoms with Crippen molar-refractivity contribution in [1.82, 2.24) is 9.21 Å². The van der Waals surface area contributed by atoms with Gasteiger partial charge in [0.05, 0.1) is 23.7 Å². The number of ether oxygens (including phenoxy) is 1. The molecule has 3 fully saturated rings. The molecule has 1 aliphatic carbocycles. The molecule has 3 aliphatic heterocycles. The lowest BCUT2D eigenvalue weighted by atomic mass is 9.80. The van der Waals surface area contributed by atoms with Crippen LogP contribution in [0.4, 0.5) is 0 Å². The van der Waals surface area contributed by atoms with Crippen molar-refractivity contribution in [3.8, 4) is 0 Å². The Kier molecular flexibility index (Phi) is 3.65. The van der Waals surface area contributed by atoms with Crippen LogP contribution in [0.2, 0.25) is 0 Å². The first-order valence-corrected chi connectivity index (χ1v) is 11.3. The zero-order chi connectivity index (χ0) is 18.3. The number of hydrogen-bond donors (Lipinski definition) is 0. The lowest BCUT2D eigenvalue weighted by Crippen LogP contribution is -2.67. The van der Waals surface area contributed by atoms with Crippen LogP contribution in [0.5, 0.6) is 0 Å². The minimum atomic E-state index is -3.68. The van der Waals surface area contributed by atoms with Crippen LogP contribution in [-0.2, 0) is 21.3 Å². The van der Waals surface area contributed by atoms with Crippen molar-refractivity contribution >= 4 is 31.9 Å². The first-order chi connectivity index (χ1) is 12.3. The summed E-state index contributed by atoms with van der Waals surface area (Å²) in [6, 6.07) is 3.62. The number of rotatable bonds is 4. The molecule has 4 aliphatic rings. The second-order valence-corrected chi connectivity index (χ2v) is 11.0. The van der Waals surface area contributed by atoms with Gasteiger partial charge in [-0.3, -0.25) is 4.79 Å². The molecule has 1 aromatic carbocycles. The van der Waals surface area contributed by atoms with Gasteiger partial charge in [-0.25, -0.2) is 8.42 Å². The molecule has 0 bridgehead atoms. The summed E-state index contributed by atoms with van der Waals surface area (Å²) < 4.78 is 33.9. The Morgan fingerprint density at radius 2 is 1.96 bits per heavy atom. The van der Waals surface area contributed by atoms with E-state index in [1.807, 2.05) is 11.0 Å². The number of halogens is 1. The molecule has 140 valence electrons. The summed E-state index contributed by atoms with van der Waals surface area (Å²) in [6.07, 6.45) is 2.29. The van der Waals surface area contributed by atoms with Gasteiger partial charge in [0.15, 0.2) is 0 Å². The smallest absolute Gasteiger partial charge is 0.256 e. The molecular formula is C18H21BrN2O4S. The number of amides is 1. The monoisotopic (exact) mass is 440 g/mol. The molecular weight excluding hydrogens is 420 g/mol. The molecule has 1 saturated carbocycles. The highest BCUT2D eigenvalue weighted by Gasteiger charge is 2.54. The summed E-state index contributed by atoms with van der Waals surface area (Å²) >= 11 is 3.43. The third kappa shape index (κ3) is 2.42. The SMILES string of the molecule is C[C@@H](C1CC1)N1Cc2cc(Br)cc(S(=O)(=O)N3CC4(COC4)C3)c2C1=O. The van der Waals surface area contributed by atoms with Gasteiger partial charge in [0, 0.05) is 35.6 Å². The maximum atomic E-state index is 13.2. The highest BCUT2D eigenvalue weighted by Crippen LogP contribution is 2.44. The number of carbonyl (C=O) groups is 1. The van der Waals surface area contributed by atoms with Gasteiger partial charge in [0.2, 0.25) is 10.0 Å². The fourth-order valence-electron chi connectivity index (χ4n) is 4.35. The minimum absolute atomic E-state index is 0.00120. The summed E-state index contributed by atoms with van der Waals surface area (Å²) in [5.74, 6) is 0.401. The van der Waals surface area contributed by atoms with E-state index in [0.717, 1.165) is 18.4 Å². The van der Waals surface area contributed by atoms with E-state index in [2.05, 4.69) is 22.9 Å². The standard InChI is InChI=1S/C18H21BrN2O4S/c1-11(12-2-3-12)21-6-13-4-14(19)5-15(16(13)17(21)22)26(23,24)20-7-18(8-20)9-25-10-18/h4-5,11-12H,2-3,6-10H2,1H3/t11-/m0/s1. The van der Waals surface area contributed by atoms with Crippen molar-refractivity contribution in [2.75, 3.05) is 26.3 Å². The number of carbonyl (C=O) groups excluding carboxylic acids is 1. The average molecular weight is 441 g/mol. The summed E-state index contributed by atoms with van der Waals surface area (Å²) in [5.41, 5.74) is 1.17. The van der Waals surface area contributed by atoms with Crippen LogP contribution in [0.15, 0.2) is 21.5 Å². The Hall–Kier alpha value is -0.960. The van der Waals surface area contributed by atoms with Crippen LogP contribution in [0.25, 0.3) is 0 Å². The van der Waals surface area contributed by atoms with Crippen LogP contribution in [0.1, 0.15) is 35.7 Å². The highest BCUT2D eigenvalue weighted by molar-refractivity contribution is 9.10. The molecule has 0 unspecified atom stereocenters. The summed E-state index contributed by atoms with van der Waals surface area (Å²) in [6.45, 7) is 4.77. The van der Waals surface area contributed by atoms with Crippen molar-refractivity contribution in [2.45, 2.75) is 37.2 Å². The molecule has 1 amide bonds. The minimum Gasteiger partial charge on any atom is -0.380 e. The maximum Gasteiger partial charge on any atom is 0.256 e. The van der Waals surface area contributed by atoms with E-state index >= 15 is 0 Å². The van der Waals surface area contributed by atoms with E-state index < -0.39 is 10.0 Å². The fraction of sp³-hybridized carbons (Fsp3) is 0.611. The van der Waals surface area contributed by atoms with Gasteiger partial charge < -0.3 is 9.64 Å². The largest absolute Gasteiger partial charge is 0.380 e. The van der Waals surface area contributed by atoms with Gasteiger partial charge in [-0.2, -0.15) is 4.31 Å². The van der Waals surface area contributed by atoms with Crippen molar-refractivity contribution in [3.05, 3.63) is 27.7 Å². The maximum absolute atomic E-state index is 13.2. The second kappa shape index (κ2) is 5.53. The molecule has 3 heterocycles. The zero-order valence-electron chi connectivity index (χ0n) is 14.6. The number of benzene rings is 1. The predicted molar refractivity (Wildman–Crippen MR) is 98.2 cm³/mol. The third-order valence-corrected chi connectivity index (χ3v) is 8.49. The van der Waals surface area contributed by atoms with Gasteiger partial charge in [-0.05, 0) is 43.4 Å². The molecule has 0 N–H and O–H groups in total. The van der Waals surface area contributed by atoms with E-state index in [1.165, 1.54) is 4.31 Å². The Balaban J connectivity index is 1.50. The molecule has 0 aromatic heterocycles. The number of fused-ring (bicyclic) bond motifs is 1. The van der Waals surface area contributed by atoms with Crippen molar-refractivity contribution in [2.24, 2.45) is 11.3 Å². The number of nitrogens with zero attached hydrogens (tertiary/aromatic N) is 2. The predicted octanol–water partition coefficient (Wildman–Crippen LogP) is 2.22. The van der Waals surface area contributed by atoms with Crippen LogP contribution in [0, 0.1) is 11.3 Å². The molecule has 8 heteroatoms. The first kappa shape index (κ1) is 17.2. The lowest BCUT2D eigenvalue weighted by molar-refractivity contribution is -0.166. The average Bonchev–Trinajstić information content (AvgIpc) is 3.28. The molecule has 0 radical (unpaired) electrons. The van der Waals surface area contributed by atoms with Gasteiger partial charge in [-0.1, -0.05) is 15.9 Å². The van der Waals surface area contributed by atoms with Gasteiger partial charge in [-0.15, -0.1) is 0 Å². The topological polar surface area (TPSA) is 66.9 Å². The lowest BCUT2D eigenvalue weighted by Gasteiger charge is -2.54. The van der Waals surface area contributed by atoms with E-state index in [4.69, 9.17) is 4.74 Å². The van der Waals surface area contributed by atoms with E-state index in [9.17, 15) is 13.2 Å². The van der Waals surface area contributed by atoms with Crippen LogP contribution in [-0.4, -0.2) is 55.9 Å². The molecule has 5 rings (SSSR count). The van der Waals surface area contributed by atoms with Crippen LogP contribution >= 0.6 is 15.9 Å².